The zero-order valence-electron chi connectivity index (χ0n) is 9.80. The predicted octanol–water partition coefficient (Wildman–Crippen LogP) is 3.03. The van der Waals surface area contributed by atoms with Crippen LogP contribution in [0.2, 0.25) is 5.15 Å². The molecular formula is C11H10ClF4NO2. The number of ether oxygens (including phenoxy) is 1. The van der Waals surface area contributed by atoms with Crippen LogP contribution in [0, 0.1) is 6.92 Å². The molecule has 0 N–H and O–H groups in total. The lowest BCUT2D eigenvalue weighted by atomic mass is 10.2. The number of carbonyl (C=O) groups is 1. The van der Waals surface area contributed by atoms with Crippen LogP contribution in [0.15, 0.2) is 12.1 Å². The molecule has 0 aliphatic heterocycles. The highest BCUT2D eigenvalue weighted by atomic mass is 35.5. The highest BCUT2D eigenvalue weighted by molar-refractivity contribution is 6.30. The molecule has 0 aliphatic rings. The molecule has 0 radical (unpaired) electrons. The molecule has 3 nitrogen and oxygen atoms in total. The predicted molar refractivity (Wildman–Crippen MR) is 59.6 cm³/mol. The van der Waals surface area contributed by atoms with E-state index in [0.29, 0.717) is 5.69 Å². The number of alkyl halides is 4. The largest absolute Gasteiger partial charge is 0.459 e. The third-order valence-corrected chi connectivity index (χ3v) is 2.47. The first kappa shape index (κ1) is 15.7. The molecule has 0 atom stereocenters. The molecule has 1 rings (SSSR count). The second-order valence-corrected chi connectivity index (χ2v) is 4.16. The normalized spacial score (nSPS) is 11.7. The molecule has 0 saturated heterocycles. The van der Waals surface area contributed by atoms with Crippen LogP contribution in [0.5, 0.6) is 0 Å². The molecule has 1 aromatic heterocycles. The van der Waals surface area contributed by atoms with E-state index in [1.807, 2.05) is 0 Å². The minimum absolute atomic E-state index is 0.0394. The van der Waals surface area contributed by atoms with Gasteiger partial charge in [-0.15, -0.1) is 0 Å². The minimum Gasteiger partial charge on any atom is -0.459 e. The average Bonchev–Trinajstić information content (AvgIpc) is 2.30. The Kier molecular flexibility index (Phi) is 5.11. The van der Waals surface area contributed by atoms with E-state index in [1.165, 1.54) is 6.07 Å². The van der Waals surface area contributed by atoms with Crippen LogP contribution >= 0.6 is 11.6 Å². The first-order chi connectivity index (χ1) is 8.72. The number of carbonyl (C=O) groups excluding carboxylic acids is 1. The summed E-state index contributed by atoms with van der Waals surface area (Å²) in [7, 11) is 0. The third-order valence-electron chi connectivity index (χ3n) is 2.14. The van der Waals surface area contributed by atoms with Gasteiger partial charge in [0.1, 0.15) is 5.15 Å². The Morgan fingerprint density at radius 1 is 1.47 bits per heavy atom. The first-order valence-electron chi connectivity index (χ1n) is 5.16. The highest BCUT2D eigenvalue weighted by Gasteiger charge is 2.42. The Hall–Kier alpha value is -1.37. The summed E-state index contributed by atoms with van der Waals surface area (Å²) in [5, 5.41) is 0.0394. The van der Waals surface area contributed by atoms with Gasteiger partial charge in [0.25, 0.3) is 0 Å². The molecular weight excluding hydrogens is 290 g/mol. The van der Waals surface area contributed by atoms with Crippen LogP contribution in [-0.4, -0.2) is 29.9 Å². The molecule has 0 aliphatic carbocycles. The topological polar surface area (TPSA) is 39.2 Å². The van der Waals surface area contributed by atoms with Crippen molar-refractivity contribution in [2.75, 3.05) is 6.61 Å². The van der Waals surface area contributed by atoms with E-state index in [4.69, 9.17) is 11.6 Å². The van der Waals surface area contributed by atoms with Crippen LogP contribution in [0.25, 0.3) is 0 Å². The molecule has 0 bridgehead atoms. The molecule has 0 unspecified atom stereocenters. The molecule has 0 aromatic carbocycles. The molecule has 0 amide bonds. The zero-order chi connectivity index (χ0) is 14.6. The van der Waals surface area contributed by atoms with Gasteiger partial charge in [0, 0.05) is 11.3 Å². The molecule has 1 heterocycles. The van der Waals surface area contributed by atoms with Gasteiger partial charge >= 0.3 is 18.3 Å². The fourth-order valence-corrected chi connectivity index (χ4v) is 1.40. The Bertz CT molecular complexity index is 468. The SMILES string of the molecule is Cc1ccc(CC(=O)OCC(F)(F)C(F)F)c(Cl)n1. The lowest BCUT2D eigenvalue weighted by Gasteiger charge is -2.15. The van der Waals surface area contributed by atoms with Crippen LogP contribution in [0.4, 0.5) is 17.6 Å². The Labute approximate surface area is 111 Å². The standard InChI is InChI=1S/C11H10ClF4NO2/c1-6-2-3-7(9(12)17-6)4-8(18)19-5-11(15,16)10(13)14/h2-3,10H,4-5H2,1H3. The van der Waals surface area contributed by atoms with E-state index in [-0.39, 0.29) is 10.7 Å². The van der Waals surface area contributed by atoms with E-state index in [9.17, 15) is 22.4 Å². The van der Waals surface area contributed by atoms with Crippen molar-refractivity contribution in [3.63, 3.8) is 0 Å². The van der Waals surface area contributed by atoms with Crippen molar-refractivity contribution < 1.29 is 27.1 Å². The van der Waals surface area contributed by atoms with Crippen LogP contribution in [0.3, 0.4) is 0 Å². The number of aromatic nitrogens is 1. The second-order valence-electron chi connectivity index (χ2n) is 3.80. The van der Waals surface area contributed by atoms with Gasteiger partial charge in [0.15, 0.2) is 6.61 Å². The van der Waals surface area contributed by atoms with Gasteiger partial charge in [0.05, 0.1) is 6.42 Å². The van der Waals surface area contributed by atoms with Crippen LogP contribution in [-0.2, 0) is 16.0 Å². The van der Waals surface area contributed by atoms with Crippen molar-refractivity contribution >= 4 is 17.6 Å². The molecule has 19 heavy (non-hydrogen) atoms. The lowest BCUT2D eigenvalue weighted by molar-refractivity contribution is -0.179. The summed E-state index contributed by atoms with van der Waals surface area (Å²) < 4.78 is 52.8. The smallest absolute Gasteiger partial charge is 0.340 e. The van der Waals surface area contributed by atoms with Crippen molar-refractivity contribution in [3.05, 3.63) is 28.5 Å². The summed E-state index contributed by atoms with van der Waals surface area (Å²) in [4.78, 5) is 15.1. The van der Waals surface area contributed by atoms with Crippen molar-refractivity contribution in [2.45, 2.75) is 25.7 Å². The van der Waals surface area contributed by atoms with Crippen LogP contribution in [0.1, 0.15) is 11.3 Å². The fourth-order valence-electron chi connectivity index (χ4n) is 1.13. The summed E-state index contributed by atoms with van der Waals surface area (Å²) >= 11 is 5.73. The molecule has 106 valence electrons. The van der Waals surface area contributed by atoms with Gasteiger partial charge in [-0.25, -0.2) is 13.8 Å². The summed E-state index contributed by atoms with van der Waals surface area (Å²) in [5.74, 6) is -5.43. The van der Waals surface area contributed by atoms with Gasteiger partial charge in [-0.1, -0.05) is 17.7 Å². The fraction of sp³-hybridized carbons (Fsp3) is 0.455. The van der Waals surface area contributed by atoms with Crippen molar-refractivity contribution in [1.82, 2.24) is 4.98 Å². The lowest BCUT2D eigenvalue weighted by Crippen LogP contribution is -2.33. The van der Waals surface area contributed by atoms with E-state index < -0.39 is 31.3 Å². The number of aryl methyl sites for hydroxylation is 1. The number of hydrogen-bond donors (Lipinski definition) is 0. The second kappa shape index (κ2) is 6.18. The van der Waals surface area contributed by atoms with Gasteiger partial charge < -0.3 is 4.74 Å². The molecule has 8 heteroatoms. The number of pyridine rings is 1. The van der Waals surface area contributed by atoms with Gasteiger partial charge in [0.2, 0.25) is 0 Å². The molecule has 0 fully saturated rings. The van der Waals surface area contributed by atoms with E-state index in [2.05, 4.69) is 9.72 Å². The van der Waals surface area contributed by atoms with E-state index in [0.717, 1.165) is 0 Å². The Morgan fingerprint density at radius 2 is 2.11 bits per heavy atom. The number of hydrogen-bond acceptors (Lipinski definition) is 3. The number of rotatable bonds is 5. The van der Waals surface area contributed by atoms with Crippen molar-refractivity contribution in [1.29, 1.82) is 0 Å². The monoisotopic (exact) mass is 299 g/mol. The average molecular weight is 300 g/mol. The quantitative estimate of drug-likeness (QED) is 0.476. The van der Waals surface area contributed by atoms with E-state index >= 15 is 0 Å². The summed E-state index contributed by atoms with van der Waals surface area (Å²) in [6, 6.07) is 3.05. The molecule has 0 spiro atoms. The van der Waals surface area contributed by atoms with E-state index in [1.54, 1.807) is 13.0 Å². The van der Waals surface area contributed by atoms with Crippen molar-refractivity contribution in [2.24, 2.45) is 0 Å². The van der Waals surface area contributed by atoms with Crippen LogP contribution < -0.4 is 0 Å². The van der Waals surface area contributed by atoms with Crippen molar-refractivity contribution in [3.8, 4) is 0 Å². The summed E-state index contributed by atoms with van der Waals surface area (Å²) in [6.45, 7) is 0.0115. The summed E-state index contributed by atoms with van der Waals surface area (Å²) in [6.07, 6.45) is -4.30. The summed E-state index contributed by atoms with van der Waals surface area (Å²) in [5.41, 5.74) is 0.893. The number of nitrogens with zero attached hydrogens (tertiary/aromatic N) is 1. The van der Waals surface area contributed by atoms with Gasteiger partial charge in [-0.2, -0.15) is 8.78 Å². The molecule has 0 saturated carbocycles. The first-order valence-corrected chi connectivity index (χ1v) is 5.54. The third kappa shape index (κ3) is 4.66. The maximum atomic E-state index is 12.5. The molecule has 1 aromatic rings. The number of halogens is 5. The Balaban J connectivity index is 2.57. The Morgan fingerprint density at radius 3 is 2.63 bits per heavy atom. The zero-order valence-corrected chi connectivity index (χ0v) is 10.6. The number of esters is 1. The maximum absolute atomic E-state index is 12.5. The van der Waals surface area contributed by atoms with Gasteiger partial charge in [-0.3, -0.25) is 4.79 Å². The van der Waals surface area contributed by atoms with Gasteiger partial charge in [-0.05, 0) is 13.0 Å². The maximum Gasteiger partial charge on any atom is 0.340 e. The highest BCUT2D eigenvalue weighted by Crippen LogP contribution is 2.23. The minimum atomic E-state index is -4.36.